The number of nitrogens with zero attached hydrogens (tertiary/aromatic N) is 1. The lowest BCUT2D eigenvalue weighted by Gasteiger charge is -2.28. The van der Waals surface area contributed by atoms with Crippen LogP contribution in [0.1, 0.15) is 23.2 Å². The fraction of sp³-hybridized carbons (Fsp3) is 0.294. The number of hydrogen-bond acceptors (Lipinski definition) is 3. The summed E-state index contributed by atoms with van der Waals surface area (Å²) >= 11 is 0. The standard InChI is InChI=1S/C17H20N2O2/c1-13-5-7-14(8-6-13)17(12-18,16(20)21)10-9-15-4-2-3-11-19-15/h2-8,11H,9-10,12,18H2,1H3,(H,20,21). The lowest BCUT2D eigenvalue weighted by molar-refractivity contribution is -0.143. The molecule has 0 radical (unpaired) electrons. The van der Waals surface area contributed by atoms with E-state index in [1.54, 1.807) is 6.20 Å². The number of nitrogens with two attached hydrogens (primary N) is 1. The van der Waals surface area contributed by atoms with Crippen LogP contribution in [-0.4, -0.2) is 22.6 Å². The molecule has 110 valence electrons. The van der Waals surface area contributed by atoms with E-state index in [4.69, 9.17) is 5.73 Å². The van der Waals surface area contributed by atoms with E-state index in [1.165, 1.54) is 0 Å². The van der Waals surface area contributed by atoms with E-state index in [-0.39, 0.29) is 6.54 Å². The van der Waals surface area contributed by atoms with Gasteiger partial charge in [0.05, 0.1) is 0 Å². The van der Waals surface area contributed by atoms with Crippen LogP contribution in [0.4, 0.5) is 0 Å². The minimum Gasteiger partial charge on any atom is -0.481 e. The highest BCUT2D eigenvalue weighted by Crippen LogP contribution is 2.29. The summed E-state index contributed by atoms with van der Waals surface area (Å²) in [6.07, 6.45) is 2.73. The number of benzene rings is 1. The number of carbonyl (C=O) groups is 1. The van der Waals surface area contributed by atoms with Gasteiger partial charge in [0.25, 0.3) is 0 Å². The van der Waals surface area contributed by atoms with Crippen LogP contribution in [0.15, 0.2) is 48.7 Å². The van der Waals surface area contributed by atoms with Gasteiger partial charge in [-0.05, 0) is 37.5 Å². The SMILES string of the molecule is Cc1ccc(C(CN)(CCc2ccccn2)C(=O)O)cc1. The van der Waals surface area contributed by atoms with E-state index in [2.05, 4.69) is 4.98 Å². The second kappa shape index (κ2) is 6.50. The smallest absolute Gasteiger partial charge is 0.315 e. The van der Waals surface area contributed by atoms with Gasteiger partial charge in [-0.25, -0.2) is 0 Å². The molecule has 0 bridgehead atoms. The molecule has 0 spiro atoms. The Kier molecular flexibility index (Phi) is 4.70. The van der Waals surface area contributed by atoms with Crippen molar-refractivity contribution in [1.29, 1.82) is 0 Å². The van der Waals surface area contributed by atoms with Crippen LogP contribution in [0.25, 0.3) is 0 Å². The van der Waals surface area contributed by atoms with E-state index >= 15 is 0 Å². The summed E-state index contributed by atoms with van der Waals surface area (Å²) in [6.45, 7) is 2.04. The Labute approximate surface area is 124 Å². The van der Waals surface area contributed by atoms with Crippen LogP contribution in [-0.2, 0) is 16.6 Å². The van der Waals surface area contributed by atoms with E-state index in [9.17, 15) is 9.90 Å². The second-order valence-electron chi connectivity index (χ2n) is 5.28. The van der Waals surface area contributed by atoms with Gasteiger partial charge in [-0.2, -0.15) is 0 Å². The molecule has 0 aliphatic rings. The lowest BCUT2D eigenvalue weighted by Crippen LogP contribution is -2.43. The number of aliphatic carboxylic acids is 1. The summed E-state index contributed by atoms with van der Waals surface area (Å²) in [6, 6.07) is 13.2. The first-order valence-electron chi connectivity index (χ1n) is 6.99. The summed E-state index contributed by atoms with van der Waals surface area (Å²) in [4.78, 5) is 16.1. The third-order valence-corrected chi connectivity index (χ3v) is 3.90. The molecule has 2 rings (SSSR count). The van der Waals surface area contributed by atoms with E-state index < -0.39 is 11.4 Å². The Morgan fingerprint density at radius 3 is 2.48 bits per heavy atom. The van der Waals surface area contributed by atoms with Gasteiger partial charge in [0.1, 0.15) is 5.41 Å². The molecular weight excluding hydrogens is 264 g/mol. The Morgan fingerprint density at radius 1 is 1.24 bits per heavy atom. The summed E-state index contributed by atoms with van der Waals surface area (Å²) < 4.78 is 0. The molecule has 0 saturated heterocycles. The van der Waals surface area contributed by atoms with Crippen molar-refractivity contribution in [1.82, 2.24) is 4.98 Å². The molecule has 1 aromatic carbocycles. The maximum Gasteiger partial charge on any atom is 0.315 e. The molecule has 1 heterocycles. The predicted molar refractivity (Wildman–Crippen MR) is 82.1 cm³/mol. The Hall–Kier alpha value is -2.20. The van der Waals surface area contributed by atoms with Crippen molar-refractivity contribution < 1.29 is 9.90 Å². The molecule has 0 amide bonds. The van der Waals surface area contributed by atoms with Crippen LogP contribution >= 0.6 is 0 Å². The summed E-state index contributed by atoms with van der Waals surface area (Å²) in [5.41, 5.74) is 7.50. The molecule has 3 N–H and O–H groups in total. The predicted octanol–water partition coefficient (Wildman–Crippen LogP) is 2.30. The number of carboxylic acids is 1. The molecule has 0 saturated carbocycles. The Balaban J connectivity index is 2.29. The Bertz CT molecular complexity index is 596. The topological polar surface area (TPSA) is 76.2 Å². The third kappa shape index (κ3) is 3.28. The average molecular weight is 284 g/mol. The zero-order valence-electron chi connectivity index (χ0n) is 12.1. The average Bonchev–Trinajstić information content (AvgIpc) is 2.50. The van der Waals surface area contributed by atoms with Crippen LogP contribution in [0.3, 0.4) is 0 Å². The second-order valence-corrected chi connectivity index (χ2v) is 5.28. The number of carboxylic acid groups (broad SMARTS) is 1. The highest BCUT2D eigenvalue weighted by molar-refractivity contribution is 5.81. The van der Waals surface area contributed by atoms with Crippen molar-refractivity contribution in [3.63, 3.8) is 0 Å². The monoisotopic (exact) mass is 284 g/mol. The molecule has 1 unspecified atom stereocenters. The van der Waals surface area contributed by atoms with Crippen LogP contribution in [0.2, 0.25) is 0 Å². The highest BCUT2D eigenvalue weighted by Gasteiger charge is 2.38. The van der Waals surface area contributed by atoms with E-state index in [0.717, 1.165) is 16.8 Å². The minimum absolute atomic E-state index is 0.0677. The normalized spacial score (nSPS) is 13.6. The summed E-state index contributed by atoms with van der Waals surface area (Å²) in [5.74, 6) is -0.884. The van der Waals surface area contributed by atoms with Gasteiger partial charge in [-0.3, -0.25) is 9.78 Å². The van der Waals surface area contributed by atoms with Crippen molar-refractivity contribution in [2.45, 2.75) is 25.2 Å². The highest BCUT2D eigenvalue weighted by atomic mass is 16.4. The number of pyridine rings is 1. The van der Waals surface area contributed by atoms with Gasteiger partial charge in [0, 0.05) is 18.4 Å². The van der Waals surface area contributed by atoms with Crippen LogP contribution in [0.5, 0.6) is 0 Å². The molecule has 21 heavy (non-hydrogen) atoms. The number of aromatic nitrogens is 1. The Morgan fingerprint density at radius 2 is 1.95 bits per heavy atom. The first-order valence-corrected chi connectivity index (χ1v) is 6.99. The van der Waals surface area contributed by atoms with Crippen molar-refractivity contribution in [3.8, 4) is 0 Å². The van der Waals surface area contributed by atoms with Gasteiger partial charge in [0.15, 0.2) is 0 Å². The van der Waals surface area contributed by atoms with Gasteiger partial charge in [-0.15, -0.1) is 0 Å². The fourth-order valence-corrected chi connectivity index (χ4v) is 2.44. The van der Waals surface area contributed by atoms with Crippen molar-refractivity contribution in [2.24, 2.45) is 5.73 Å². The zero-order valence-corrected chi connectivity index (χ0v) is 12.1. The maximum atomic E-state index is 11.9. The van der Waals surface area contributed by atoms with Gasteiger partial charge >= 0.3 is 5.97 Å². The van der Waals surface area contributed by atoms with E-state index in [1.807, 2.05) is 49.4 Å². The lowest BCUT2D eigenvalue weighted by atomic mass is 9.76. The number of hydrogen-bond donors (Lipinski definition) is 2. The van der Waals surface area contributed by atoms with Crippen LogP contribution < -0.4 is 5.73 Å². The first kappa shape index (κ1) is 15.2. The number of rotatable bonds is 6. The van der Waals surface area contributed by atoms with Gasteiger partial charge in [0.2, 0.25) is 0 Å². The van der Waals surface area contributed by atoms with Gasteiger partial charge < -0.3 is 10.8 Å². The summed E-state index contributed by atoms with van der Waals surface area (Å²) in [7, 11) is 0. The molecule has 1 aromatic heterocycles. The molecule has 4 nitrogen and oxygen atoms in total. The molecule has 0 fully saturated rings. The molecule has 0 aliphatic carbocycles. The van der Waals surface area contributed by atoms with E-state index in [0.29, 0.717) is 12.8 Å². The van der Waals surface area contributed by atoms with Gasteiger partial charge in [-0.1, -0.05) is 35.9 Å². The molecular formula is C17H20N2O2. The maximum absolute atomic E-state index is 11.9. The quantitative estimate of drug-likeness (QED) is 0.853. The van der Waals surface area contributed by atoms with Crippen LogP contribution in [0, 0.1) is 6.92 Å². The molecule has 4 heteroatoms. The number of aryl methyl sites for hydroxylation is 2. The largest absolute Gasteiger partial charge is 0.481 e. The molecule has 1 atom stereocenters. The van der Waals surface area contributed by atoms with Crippen molar-refractivity contribution >= 4 is 5.97 Å². The first-order chi connectivity index (χ1) is 10.1. The zero-order chi connectivity index (χ0) is 15.3. The fourth-order valence-electron chi connectivity index (χ4n) is 2.44. The minimum atomic E-state index is -1.06. The summed E-state index contributed by atoms with van der Waals surface area (Å²) in [5, 5.41) is 9.72. The van der Waals surface area contributed by atoms with Crippen molar-refractivity contribution in [3.05, 3.63) is 65.5 Å². The third-order valence-electron chi connectivity index (χ3n) is 3.90. The molecule has 2 aromatic rings. The van der Waals surface area contributed by atoms with Crippen molar-refractivity contribution in [2.75, 3.05) is 6.54 Å². The molecule has 0 aliphatic heterocycles.